The average Bonchev–Trinajstić information content (AvgIpc) is 2.37. The summed E-state index contributed by atoms with van der Waals surface area (Å²) in [5, 5.41) is 8.67. The standard InChI is InChI=1S/C11H10F4N2O2S/c1-7-2-3-8(5-16)4-9(7)20(18,19)17-6-11(14,15)10(12)13/h2-4,10,17H,6H2,1H3. The van der Waals surface area contributed by atoms with Gasteiger partial charge in [0.25, 0.3) is 0 Å². The molecule has 0 aliphatic carbocycles. The molecule has 0 saturated carbocycles. The van der Waals surface area contributed by atoms with E-state index in [-0.39, 0.29) is 11.1 Å². The topological polar surface area (TPSA) is 70.0 Å². The van der Waals surface area contributed by atoms with Gasteiger partial charge in [0, 0.05) is 0 Å². The van der Waals surface area contributed by atoms with Gasteiger partial charge in [-0.2, -0.15) is 14.0 Å². The zero-order chi connectivity index (χ0) is 15.6. The molecule has 0 aromatic heterocycles. The highest BCUT2D eigenvalue weighted by atomic mass is 32.2. The quantitative estimate of drug-likeness (QED) is 0.846. The van der Waals surface area contributed by atoms with E-state index in [0.717, 1.165) is 6.07 Å². The molecule has 0 unspecified atom stereocenters. The van der Waals surface area contributed by atoms with E-state index in [1.165, 1.54) is 23.8 Å². The summed E-state index contributed by atoms with van der Waals surface area (Å²) in [5.74, 6) is -4.46. The third-order valence-electron chi connectivity index (χ3n) is 2.42. The summed E-state index contributed by atoms with van der Waals surface area (Å²) < 4.78 is 74.3. The highest BCUT2D eigenvalue weighted by Gasteiger charge is 2.41. The third kappa shape index (κ3) is 3.68. The van der Waals surface area contributed by atoms with E-state index in [0.29, 0.717) is 0 Å². The molecule has 1 aromatic rings. The van der Waals surface area contributed by atoms with Crippen molar-refractivity contribution in [2.45, 2.75) is 24.2 Å². The molecule has 0 fully saturated rings. The van der Waals surface area contributed by atoms with Gasteiger partial charge in [0.1, 0.15) is 0 Å². The van der Waals surface area contributed by atoms with Gasteiger partial charge in [-0.3, -0.25) is 0 Å². The third-order valence-corrected chi connectivity index (χ3v) is 3.97. The lowest BCUT2D eigenvalue weighted by molar-refractivity contribution is -0.122. The van der Waals surface area contributed by atoms with Crippen LogP contribution in [0.25, 0.3) is 0 Å². The zero-order valence-electron chi connectivity index (χ0n) is 10.2. The number of aryl methyl sites for hydroxylation is 1. The number of rotatable bonds is 5. The van der Waals surface area contributed by atoms with Gasteiger partial charge in [-0.1, -0.05) is 6.07 Å². The second-order valence-corrected chi connectivity index (χ2v) is 5.71. The van der Waals surface area contributed by atoms with Crippen molar-refractivity contribution in [2.75, 3.05) is 6.54 Å². The van der Waals surface area contributed by atoms with Crippen molar-refractivity contribution in [1.29, 1.82) is 5.26 Å². The molecule has 0 aliphatic heterocycles. The highest BCUT2D eigenvalue weighted by Crippen LogP contribution is 2.23. The van der Waals surface area contributed by atoms with Crippen molar-refractivity contribution in [3.63, 3.8) is 0 Å². The SMILES string of the molecule is Cc1ccc(C#N)cc1S(=O)(=O)NCC(F)(F)C(F)F. The van der Waals surface area contributed by atoms with Crippen molar-refractivity contribution < 1.29 is 26.0 Å². The van der Waals surface area contributed by atoms with Crippen molar-refractivity contribution >= 4 is 10.0 Å². The summed E-state index contributed by atoms with van der Waals surface area (Å²) in [6, 6.07) is 5.35. The van der Waals surface area contributed by atoms with Gasteiger partial charge in [0.15, 0.2) is 0 Å². The van der Waals surface area contributed by atoms with Crippen LogP contribution in [0.1, 0.15) is 11.1 Å². The second kappa shape index (κ2) is 5.76. The number of benzene rings is 1. The lowest BCUT2D eigenvalue weighted by Crippen LogP contribution is -2.41. The molecule has 0 heterocycles. The molecule has 0 spiro atoms. The predicted molar refractivity (Wildman–Crippen MR) is 62.0 cm³/mol. The van der Waals surface area contributed by atoms with E-state index < -0.39 is 33.8 Å². The maximum Gasteiger partial charge on any atom is 0.320 e. The molecule has 1 rings (SSSR count). The van der Waals surface area contributed by atoms with Crippen LogP contribution in [0.2, 0.25) is 0 Å². The lowest BCUT2D eigenvalue weighted by atomic mass is 10.2. The van der Waals surface area contributed by atoms with Crippen molar-refractivity contribution in [1.82, 2.24) is 4.72 Å². The van der Waals surface area contributed by atoms with Gasteiger partial charge >= 0.3 is 12.3 Å². The normalized spacial score (nSPS) is 12.4. The van der Waals surface area contributed by atoms with E-state index in [1.54, 1.807) is 6.07 Å². The first-order valence-corrected chi connectivity index (χ1v) is 6.75. The van der Waals surface area contributed by atoms with Gasteiger partial charge < -0.3 is 0 Å². The maximum absolute atomic E-state index is 12.7. The minimum atomic E-state index is -4.46. The van der Waals surface area contributed by atoms with E-state index >= 15 is 0 Å². The molecular weight excluding hydrogens is 300 g/mol. The Morgan fingerprint density at radius 1 is 1.40 bits per heavy atom. The average molecular weight is 310 g/mol. The fourth-order valence-electron chi connectivity index (χ4n) is 1.31. The molecular formula is C11H10F4N2O2S. The van der Waals surface area contributed by atoms with Crippen molar-refractivity contribution in [3.8, 4) is 6.07 Å². The van der Waals surface area contributed by atoms with Gasteiger partial charge in [-0.05, 0) is 24.6 Å². The molecule has 4 nitrogen and oxygen atoms in total. The number of alkyl halides is 4. The Labute approximate surface area is 113 Å². The lowest BCUT2D eigenvalue weighted by Gasteiger charge is -2.16. The molecule has 1 N–H and O–H groups in total. The van der Waals surface area contributed by atoms with Crippen molar-refractivity contribution in [3.05, 3.63) is 29.3 Å². The first-order chi connectivity index (χ1) is 9.10. The Hall–Kier alpha value is -1.66. The molecule has 20 heavy (non-hydrogen) atoms. The fourth-order valence-corrected chi connectivity index (χ4v) is 2.62. The number of hydrogen-bond acceptors (Lipinski definition) is 3. The number of halogens is 4. The maximum atomic E-state index is 12.7. The van der Waals surface area contributed by atoms with Gasteiger partial charge in [0.2, 0.25) is 10.0 Å². The Kier molecular flexibility index (Phi) is 4.73. The molecule has 0 amide bonds. The zero-order valence-corrected chi connectivity index (χ0v) is 11.0. The van der Waals surface area contributed by atoms with Gasteiger partial charge in [0.05, 0.1) is 23.1 Å². The highest BCUT2D eigenvalue weighted by molar-refractivity contribution is 7.89. The molecule has 1 aromatic carbocycles. The monoisotopic (exact) mass is 310 g/mol. The number of nitrogens with zero attached hydrogens (tertiary/aromatic N) is 1. The van der Waals surface area contributed by atoms with Crippen LogP contribution in [-0.4, -0.2) is 27.3 Å². The van der Waals surface area contributed by atoms with E-state index in [2.05, 4.69) is 0 Å². The van der Waals surface area contributed by atoms with Crippen molar-refractivity contribution in [2.24, 2.45) is 0 Å². The van der Waals surface area contributed by atoms with Gasteiger partial charge in [-0.25, -0.2) is 21.9 Å². The minimum Gasteiger partial charge on any atom is -0.207 e. The number of nitrogens with one attached hydrogen (secondary N) is 1. The smallest absolute Gasteiger partial charge is 0.207 e. The first-order valence-electron chi connectivity index (χ1n) is 5.26. The number of nitriles is 1. The van der Waals surface area contributed by atoms with E-state index in [4.69, 9.17) is 5.26 Å². The Morgan fingerprint density at radius 2 is 2.00 bits per heavy atom. The van der Waals surface area contributed by atoms with Crippen LogP contribution >= 0.6 is 0 Å². The first kappa shape index (κ1) is 16.4. The van der Waals surface area contributed by atoms with Gasteiger partial charge in [-0.15, -0.1) is 0 Å². The van der Waals surface area contributed by atoms with Crippen LogP contribution in [0.3, 0.4) is 0 Å². The van der Waals surface area contributed by atoms with Crippen LogP contribution in [-0.2, 0) is 10.0 Å². The summed E-state index contributed by atoms with van der Waals surface area (Å²) in [4.78, 5) is -0.401. The Bertz CT molecular complexity index is 638. The summed E-state index contributed by atoms with van der Waals surface area (Å²) in [7, 11) is -4.40. The fraction of sp³-hybridized carbons (Fsp3) is 0.364. The molecule has 9 heteroatoms. The van der Waals surface area contributed by atoms with Crippen LogP contribution in [0.4, 0.5) is 17.6 Å². The molecule has 0 radical (unpaired) electrons. The summed E-state index contributed by atoms with van der Waals surface area (Å²) in [6.07, 6.45) is -3.98. The Balaban J connectivity index is 3.04. The van der Waals surface area contributed by atoms with E-state index in [9.17, 15) is 26.0 Å². The molecule has 0 saturated heterocycles. The van der Waals surface area contributed by atoms with Crippen LogP contribution < -0.4 is 4.72 Å². The van der Waals surface area contributed by atoms with Crippen LogP contribution in [0, 0.1) is 18.3 Å². The Morgan fingerprint density at radius 3 is 2.50 bits per heavy atom. The number of sulfonamides is 1. The largest absolute Gasteiger partial charge is 0.320 e. The molecule has 0 atom stereocenters. The second-order valence-electron chi connectivity index (χ2n) is 3.98. The number of hydrogen-bond donors (Lipinski definition) is 1. The minimum absolute atomic E-state index is 0.0107. The molecule has 110 valence electrons. The van der Waals surface area contributed by atoms with Crippen LogP contribution in [0.5, 0.6) is 0 Å². The summed E-state index contributed by atoms with van der Waals surface area (Å²) in [5.41, 5.74) is 0.216. The van der Waals surface area contributed by atoms with E-state index in [1.807, 2.05) is 0 Å². The van der Waals surface area contributed by atoms with Crippen LogP contribution in [0.15, 0.2) is 23.1 Å². The molecule has 0 aliphatic rings. The summed E-state index contributed by atoms with van der Waals surface area (Å²) in [6.45, 7) is -0.329. The molecule has 0 bridgehead atoms. The summed E-state index contributed by atoms with van der Waals surface area (Å²) >= 11 is 0. The predicted octanol–water partition coefficient (Wildman–Crippen LogP) is 2.05.